The van der Waals surface area contributed by atoms with E-state index in [0.29, 0.717) is 12.1 Å². The van der Waals surface area contributed by atoms with Gasteiger partial charge in [0.05, 0.1) is 24.4 Å². The standard InChI is InChI=1S/C20H27FN4O3/c1-24(19(27)15-8-14(15)18(22)26)10-13-7-12(21)9-25(13)20(28)17-6-11-4-2-3-5-16(11)23-17/h6,12-15,23H,2-5,7-10H2,1H3,(H2,22,26)/t12-,13-,14-,15+/m0/s1. The largest absolute Gasteiger partial charge is 0.369 e. The zero-order chi connectivity index (χ0) is 20.0. The molecule has 4 atom stereocenters. The first-order valence-corrected chi connectivity index (χ1v) is 10.0. The molecule has 1 aliphatic heterocycles. The van der Waals surface area contributed by atoms with Crippen LogP contribution in [0, 0.1) is 11.8 Å². The molecule has 28 heavy (non-hydrogen) atoms. The number of carbonyl (C=O) groups is 3. The number of carbonyl (C=O) groups excluding carboxylic acids is 3. The topological polar surface area (TPSA) is 99.5 Å². The summed E-state index contributed by atoms with van der Waals surface area (Å²) >= 11 is 0. The van der Waals surface area contributed by atoms with Gasteiger partial charge in [0, 0.05) is 25.7 Å². The molecule has 0 aromatic carbocycles. The highest BCUT2D eigenvalue weighted by Crippen LogP contribution is 2.39. The first-order valence-electron chi connectivity index (χ1n) is 10.0. The van der Waals surface area contributed by atoms with E-state index in [9.17, 15) is 18.8 Å². The minimum Gasteiger partial charge on any atom is -0.369 e. The Hall–Kier alpha value is -2.38. The number of amides is 3. The van der Waals surface area contributed by atoms with Crippen LogP contribution in [0.5, 0.6) is 0 Å². The molecule has 8 heteroatoms. The lowest BCUT2D eigenvalue weighted by molar-refractivity contribution is -0.133. The predicted octanol–water partition coefficient (Wildman–Crippen LogP) is 1.03. The number of hydrogen-bond acceptors (Lipinski definition) is 3. The number of aryl methyl sites for hydroxylation is 2. The van der Waals surface area contributed by atoms with E-state index in [1.54, 1.807) is 11.9 Å². The van der Waals surface area contributed by atoms with Crippen LogP contribution in [0.25, 0.3) is 0 Å². The molecular weight excluding hydrogens is 363 g/mol. The molecule has 0 bridgehead atoms. The number of nitrogens with one attached hydrogen (secondary N) is 1. The van der Waals surface area contributed by atoms with Gasteiger partial charge in [-0.2, -0.15) is 0 Å². The van der Waals surface area contributed by atoms with E-state index in [1.807, 2.05) is 6.07 Å². The molecule has 1 aromatic rings. The summed E-state index contributed by atoms with van der Waals surface area (Å²) in [6, 6.07) is 1.53. The molecule has 0 radical (unpaired) electrons. The van der Waals surface area contributed by atoms with Crippen molar-refractivity contribution < 1.29 is 18.8 Å². The van der Waals surface area contributed by atoms with Crippen LogP contribution >= 0.6 is 0 Å². The molecule has 4 rings (SSSR count). The highest BCUT2D eigenvalue weighted by Gasteiger charge is 2.48. The third kappa shape index (κ3) is 3.52. The maximum atomic E-state index is 14.1. The van der Waals surface area contributed by atoms with E-state index >= 15 is 0 Å². The summed E-state index contributed by atoms with van der Waals surface area (Å²) in [5.74, 6) is -1.58. The van der Waals surface area contributed by atoms with Crippen molar-refractivity contribution in [2.75, 3.05) is 20.1 Å². The lowest BCUT2D eigenvalue weighted by Gasteiger charge is -2.28. The average Bonchev–Trinajstić information content (AvgIpc) is 3.22. The first-order chi connectivity index (χ1) is 13.3. The second-order valence-electron chi connectivity index (χ2n) is 8.41. The van der Waals surface area contributed by atoms with Crippen molar-refractivity contribution in [3.05, 3.63) is 23.0 Å². The van der Waals surface area contributed by atoms with Gasteiger partial charge in [-0.25, -0.2) is 4.39 Å². The van der Waals surface area contributed by atoms with Crippen molar-refractivity contribution >= 4 is 17.7 Å². The summed E-state index contributed by atoms with van der Waals surface area (Å²) in [5, 5.41) is 0. The van der Waals surface area contributed by atoms with Crippen molar-refractivity contribution in [1.29, 1.82) is 0 Å². The van der Waals surface area contributed by atoms with Crippen LogP contribution in [-0.4, -0.2) is 64.9 Å². The van der Waals surface area contributed by atoms with Gasteiger partial charge in [-0.05, 0) is 43.7 Å². The van der Waals surface area contributed by atoms with Crippen molar-refractivity contribution in [3.8, 4) is 0 Å². The zero-order valence-corrected chi connectivity index (χ0v) is 16.1. The Labute approximate surface area is 163 Å². The number of likely N-dealkylation sites (N-methyl/N-ethyl adjacent to an activating group) is 1. The predicted molar refractivity (Wildman–Crippen MR) is 100 cm³/mol. The molecular formula is C20H27FN4O3. The monoisotopic (exact) mass is 390 g/mol. The Balaban J connectivity index is 1.43. The Bertz CT molecular complexity index is 784. The van der Waals surface area contributed by atoms with Gasteiger partial charge >= 0.3 is 0 Å². The fraction of sp³-hybridized carbons (Fsp3) is 0.650. The van der Waals surface area contributed by atoms with Gasteiger partial charge < -0.3 is 20.5 Å². The number of aromatic nitrogens is 1. The van der Waals surface area contributed by atoms with E-state index in [2.05, 4.69) is 4.98 Å². The van der Waals surface area contributed by atoms with Gasteiger partial charge in [-0.1, -0.05) is 0 Å². The van der Waals surface area contributed by atoms with Crippen LogP contribution in [0.1, 0.15) is 47.4 Å². The van der Waals surface area contributed by atoms with Crippen LogP contribution in [0.15, 0.2) is 6.07 Å². The van der Waals surface area contributed by atoms with Crippen LogP contribution in [-0.2, 0) is 22.4 Å². The van der Waals surface area contributed by atoms with Crippen LogP contribution in [0.2, 0.25) is 0 Å². The molecule has 0 spiro atoms. The van der Waals surface area contributed by atoms with Gasteiger partial charge in [0.15, 0.2) is 0 Å². The van der Waals surface area contributed by atoms with Gasteiger partial charge in [-0.3, -0.25) is 14.4 Å². The summed E-state index contributed by atoms with van der Waals surface area (Å²) < 4.78 is 14.1. The SMILES string of the molecule is CN(C[C@@H]1C[C@H](F)CN1C(=O)c1cc2c([nH]1)CCCC2)C(=O)[C@@H]1C[C@@H]1C(N)=O. The number of nitrogens with zero attached hydrogens (tertiary/aromatic N) is 2. The van der Waals surface area contributed by atoms with Crippen molar-refractivity contribution in [1.82, 2.24) is 14.8 Å². The maximum Gasteiger partial charge on any atom is 0.270 e. The lowest BCUT2D eigenvalue weighted by atomic mass is 9.98. The number of rotatable bonds is 5. The number of aromatic amines is 1. The number of nitrogens with two attached hydrogens (primary N) is 1. The highest BCUT2D eigenvalue weighted by molar-refractivity contribution is 5.94. The molecule has 2 aliphatic carbocycles. The second-order valence-corrected chi connectivity index (χ2v) is 8.41. The number of fused-ring (bicyclic) bond motifs is 1. The fourth-order valence-electron chi connectivity index (χ4n) is 4.63. The molecule has 1 saturated heterocycles. The minimum atomic E-state index is -1.10. The first kappa shape index (κ1) is 19.0. The van der Waals surface area contributed by atoms with Gasteiger partial charge in [0.25, 0.3) is 5.91 Å². The third-order valence-corrected chi connectivity index (χ3v) is 6.30. The summed E-state index contributed by atoms with van der Waals surface area (Å²) in [4.78, 5) is 43.0. The molecule has 2 heterocycles. The lowest BCUT2D eigenvalue weighted by Crippen LogP contribution is -2.44. The Kier molecular flexibility index (Phi) is 4.89. The molecule has 3 N–H and O–H groups in total. The molecule has 0 unspecified atom stereocenters. The average molecular weight is 390 g/mol. The summed E-state index contributed by atoms with van der Waals surface area (Å²) in [6.07, 6.45) is 3.74. The van der Waals surface area contributed by atoms with Crippen LogP contribution in [0.3, 0.4) is 0 Å². The number of primary amides is 1. The van der Waals surface area contributed by atoms with Crippen molar-refractivity contribution in [2.24, 2.45) is 17.6 Å². The van der Waals surface area contributed by atoms with Crippen LogP contribution < -0.4 is 5.73 Å². The quantitative estimate of drug-likeness (QED) is 0.785. The number of likely N-dealkylation sites (tertiary alicyclic amines) is 1. The Morgan fingerprint density at radius 1 is 1.25 bits per heavy atom. The summed E-state index contributed by atoms with van der Waals surface area (Å²) in [6.45, 7) is 0.302. The zero-order valence-electron chi connectivity index (χ0n) is 16.1. The number of H-pyrrole nitrogens is 1. The Morgan fingerprint density at radius 3 is 2.68 bits per heavy atom. The normalized spacial score (nSPS) is 28.7. The summed E-state index contributed by atoms with van der Waals surface area (Å²) in [7, 11) is 1.64. The van der Waals surface area contributed by atoms with E-state index in [1.165, 1.54) is 10.5 Å². The molecule has 7 nitrogen and oxygen atoms in total. The Morgan fingerprint density at radius 2 is 2.00 bits per heavy atom. The molecule has 2 fully saturated rings. The summed E-state index contributed by atoms with van der Waals surface area (Å²) in [5.41, 5.74) is 8.06. The molecule has 152 valence electrons. The van der Waals surface area contributed by atoms with Crippen molar-refractivity contribution in [2.45, 2.75) is 50.7 Å². The van der Waals surface area contributed by atoms with Gasteiger partial charge in [0.1, 0.15) is 11.9 Å². The molecule has 1 aromatic heterocycles. The third-order valence-electron chi connectivity index (χ3n) is 6.30. The minimum absolute atomic E-state index is 0.0442. The molecule has 3 aliphatic rings. The van der Waals surface area contributed by atoms with Crippen LogP contribution in [0.4, 0.5) is 4.39 Å². The van der Waals surface area contributed by atoms with E-state index < -0.39 is 18.0 Å². The fourth-order valence-corrected chi connectivity index (χ4v) is 4.63. The number of alkyl halides is 1. The number of hydrogen-bond donors (Lipinski definition) is 2. The van der Waals surface area contributed by atoms with E-state index in [-0.39, 0.29) is 43.3 Å². The molecule has 1 saturated carbocycles. The van der Waals surface area contributed by atoms with E-state index in [4.69, 9.17) is 5.73 Å². The van der Waals surface area contributed by atoms with Gasteiger partial charge in [0.2, 0.25) is 11.8 Å². The highest BCUT2D eigenvalue weighted by atomic mass is 19.1. The van der Waals surface area contributed by atoms with Crippen molar-refractivity contribution in [3.63, 3.8) is 0 Å². The molecule has 3 amide bonds. The number of halogens is 1. The van der Waals surface area contributed by atoms with E-state index in [0.717, 1.165) is 31.4 Å². The second kappa shape index (κ2) is 7.22. The van der Waals surface area contributed by atoms with Gasteiger partial charge in [-0.15, -0.1) is 0 Å². The maximum absolute atomic E-state index is 14.1. The smallest absolute Gasteiger partial charge is 0.270 e.